The van der Waals surface area contributed by atoms with Gasteiger partial charge in [0.1, 0.15) is 0 Å². The molecule has 0 aliphatic carbocycles. The third-order valence-electron chi connectivity index (χ3n) is 4.92. The second-order valence-corrected chi connectivity index (χ2v) is 13.0. The van der Waals surface area contributed by atoms with Crippen LogP contribution in [0.3, 0.4) is 0 Å². The fraction of sp³-hybridized carbons (Fsp3) is 0.789. The number of cyclic esters (lactones) is 1. The van der Waals surface area contributed by atoms with Gasteiger partial charge in [0.15, 0.2) is 14.1 Å². The topological polar surface area (TPSA) is 52.6 Å². The first kappa shape index (κ1) is 21.1. The smallest absolute Gasteiger partial charge is 0.308 e. The highest BCUT2D eigenvalue weighted by atomic mass is 28.4. The molecule has 0 saturated carbocycles. The predicted octanol–water partition coefficient (Wildman–Crippen LogP) is 4.79. The molecule has 1 heterocycles. The Hall–Kier alpha value is -0.943. The second kappa shape index (κ2) is 9.52. The van der Waals surface area contributed by atoms with Crippen molar-refractivity contribution in [1.29, 1.82) is 0 Å². The number of carbonyl (C=O) groups is 2. The number of esters is 1. The van der Waals surface area contributed by atoms with E-state index in [-0.39, 0.29) is 29.6 Å². The Morgan fingerprint density at radius 1 is 1.08 bits per heavy atom. The number of ether oxygens (including phenoxy) is 1. The summed E-state index contributed by atoms with van der Waals surface area (Å²) in [4.78, 5) is 24.3. The van der Waals surface area contributed by atoms with Gasteiger partial charge in [0, 0.05) is 6.42 Å². The van der Waals surface area contributed by atoms with E-state index in [1.165, 1.54) is 0 Å². The molecular formula is C19H34O4Si. The van der Waals surface area contributed by atoms with Gasteiger partial charge in [-0.2, -0.15) is 0 Å². The molecule has 0 amide bonds. The molecule has 0 bridgehead atoms. The van der Waals surface area contributed by atoms with Crippen molar-refractivity contribution >= 4 is 20.1 Å². The molecule has 0 fully saturated rings. The Morgan fingerprint density at radius 3 is 2.42 bits per heavy atom. The number of ketones is 1. The van der Waals surface area contributed by atoms with Crippen molar-refractivity contribution < 1.29 is 18.8 Å². The van der Waals surface area contributed by atoms with Crippen molar-refractivity contribution in [2.75, 3.05) is 6.61 Å². The first-order chi connectivity index (χ1) is 11.1. The fourth-order valence-corrected chi connectivity index (χ4v) is 3.76. The zero-order valence-electron chi connectivity index (χ0n) is 16.0. The monoisotopic (exact) mass is 354 g/mol. The molecule has 24 heavy (non-hydrogen) atoms. The zero-order valence-corrected chi connectivity index (χ0v) is 17.0. The lowest BCUT2D eigenvalue weighted by Crippen LogP contribution is -2.45. The Labute approximate surface area is 148 Å². The summed E-state index contributed by atoms with van der Waals surface area (Å²) in [6.45, 7) is 11.2. The van der Waals surface area contributed by atoms with E-state index in [2.05, 4.69) is 33.9 Å². The van der Waals surface area contributed by atoms with Gasteiger partial charge in [-0.25, -0.2) is 0 Å². The number of allylic oxidation sites excluding steroid dienone is 2. The summed E-state index contributed by atoms with van der Waals surface area (Å²) >= 11 is 0. The van der Waals surface area contributed by atoms with Gasteiger partial charge < -0.3 is 9.16 Å². The number of carbonyl (C=O) groups excluding carboxylic acids is 2. The number of rotatable bonds is 2. The SMILES string of the molecule is CC(C)(C)[Si](C)(C)OC1CC(=O)/C=C/CCCCCCOC(=O)C1. The molecular weight excluding hydrogens is 320 g/mol. The van der Waals surface area contributed by atoms with E-state index < -0.39 is 14.4 Å². The van der Waals surface area contributed by atoms with Crippen molar-refractivity contribution in [3.63, 3.8) is 0 Å². The first-order valence-electron chi connectivity index (χ1n) is 9.14. The molecule has 1 atom stereocenters. The van der Waals surface area contributed by atoms with Gasteiger partial charge in [-0.1, -0.05) is 39.7 Å². The van der Waals surface area contributed by atoms with Crippen LogP contribution in [-0.4, -0.2) is 32.8 Å². The van der Waals surface area contributed by atoms with Crippen LogP contribution in [0.2, 0.25) is 18.1 Å². The van der Waals surface area contributed by atoms with Crippen molar-refractivity contribution in [2.45, 2.75) is 90.0 Å². The minimum absolute atomic E-state index is 0.0311. The second-order valence-electron chi connectivity index (χ2n) is 8.20. The molecule has 0 spiro atoms. The minimum atomic E-state index is -2.04. The zero-order chi connectivity index (χ0) is 18.2. The van der Waals surface area contributed by atoms with E-state index in [1.54, 1.807) is 6.08 Å². The highest BCUT2D eigenvalue weighted by molar-refractivity contribution is 6.74. The first-order valence-corrected chi connectivity index (χ1v) is 12.1. The van der Waals surface area contributed by atoms with Gasteiger partial charge >= 0.3 is 5.97 Å². The fourth-order valence-electron chi connectivity index (χ4n) is 2.40. The normalized spacial score (nSPS) is 24.1. The van der Waals surface area contributed by atoms with Gasteiger partial charge in [0.05, 0.1) is 19.1 Å². The van der Waals surface area contributed by atoms with Crippen LogP contribution < -0.4 is 0 Å². The van der Waals surface area contributed by atoms with E-state index >= 15 is 0 Å². The van der Waals surface area contributed by atoms with E-state index in [0.717, 1.165) is 32.1 Å². The summed E-state index contributed by atoms with van der Waals surface area (Å²) in [6, 6.07) is 0. The van der Waals surface area contributed by atoms with E-state index in [0.29, 0.717) is 6.61 Å². The van der Waals surface area contributed by atoms with Crippen LogP contribution in [0.4, 0.5) is 0 Å². The summed E-state index contributed by atoms with van der Waals surface area (Å²) in [5, 5.41) is 0.0366. The van der Waals surface area contributed by atoms with Gasteiger partial charge in [0.2, 0.25) is 0 Å². The molecule has 0 aromatic carbocycles. The van der Waals surface area contributed by atoms with Crippen molar-refractivity contribution in [3.05, 3.63) is 12.2 Å². The molecule has 1 rings (SSSR count). The van der Waals surface area contributed by atoms with Gasteiger partial charge in [-0.3, -0.25) is 9.59 Å². The lowest BCUT2D eigenvalue weighted by atomic mass is 10.1. The molecule has 138 valence electrons. The van der Waals surface area contributed by atoms with Gasteiger partial charge in [0.25, 0.3) is 0 Å². The highest BCUT2D eigenvalue weighted by Gasteiger charge is 2.39. The summed E-state index contributed by atoms with van der Waals surface area (Å²) in [7, 11) is -2.04. The Kier molecular flexibility index (Phi) is 8.37. The Balaban J connectivity index is 2.82. The quantitative estimate of drug-likeness (QED) is 0.528. The molecule has 1 aliphatic rings. The largest absolute Gasteiger partial charge is 0.466 e. The summed E-state index contributed by atoms with van der Waals surface area (Å²) < 4.78 is 11.6. The molecule has 0 aromatic heterocycles. The van der Waals surface area contributed by atoms with Crippen LogP contribution in [-0.2, 0) is 18.8 Å². The molecule has 1 unspecified atom stereocenters. The van der Waals surface area contributed by atoms with Crippen molar-refractivity contribution in [2.24, 2.45) is 0 Å². The van der Waals surface area contributed by atoms with E-state index in [1.807, 2.05) is 6.08 Å². The maximum absolute atomic E-state index is 12.2. The van der Waals surface area contributed by atoms with Crippen LogP contribution in [0.1, 0.15) is 65.7 Å². The lowest BCUT2D eigenvalue weighted by Gasteiger charge is -2.39. The average molecular weight is 355 g/mol. The van der Waals surface area contributed by atoms with Crippen LogP contribution in [0.25, 0.3) is 0 Å². The number of hydrogen-bond donors (Lipinski definition) is 0. The van der Waals surface area contributed by atoms with Crippen molar-refractivity contribution in [3.8, 4) is 0 Å². The minimum Gasteiger partial charge on any atom is -0.466 e. The Morgan fingerprint density at radius 2 is 1.75 bits per heavy atom. The molecule has 0 N–H and O–H groups in total. The predicted molar refractivity (Wildman–Crippen MR) is 99.5 cm³/mol. The van der Waals surface area contributed by atoms with Crippen molar-refractivity contribution in [1.82, 2.24) is 0 Å². The molecule has 0 saturated heterocycles. The van der Waals surface area contributed by atoms with Crippen LogP contribution in [0.5, 0.6) is 0 Å². The summed E-state index contributed by atoms with van der Waals surface area (Å²) in [5.41, 5.74) is 0. The molecule has 1 aliphatic heterocycles. The molecule has 0 aromatic rings. The summed E-state index contributed by atoms with van der Waals surface area (Å²) in [6.07, 6.45) is 8.69. The van der Waals surface area contributed by atoms with Crippen LogP contribution in [0.15, 0.2) is 12.2 Å². The highest BCUT2D eigenvalue weighted by Crippen LogP contribution is 2.38. The molecule has 0 radical (unpaired) electrons. The lowest BCUT2D eigenvalue weighted by molar-refractivity contribution is -0.145. The van der Waals surface area contributed by atoms with Crippen LogP contribution >= 0.6 is 0 Å². The average Bonchev–Trinajstić information content (AvgIpc) is 2.43. The van der Waals surface area contributed by atoms with Crippen LogP contribution in [0, 0.1) is 0 Å². The molecule has 5 heteroatoms. The van der Waals surface area contributed by atoms with Gasteiger partial charge in [-0.05, 0) is 43.5 Å². The standard InChI is InChI=1S/C19H34O4Si/c1-19(2,3)24(4,5)23-17-14-16(20)12-10-8-6-7-9-11-13-22-18(21)15-17/h10,12,17H,6-9,11,13-15H2,1-5H3/b12-10+. The Bertz CT molecular complexity index is 449. The third kappa shape index (κ3) is 7.75. The maximum Gasteiger partial charge on any atom is 0.308 e. The van der Waals surface area contributed by atoms with Gasteiger partial charge in [-0.15, -0.1) is 0 Å². The number of hydrogen-bond acceptors (Lipinski definition) is 4. The van der Waals surface area contributed by atoms with E-state index in [4.69, 9.17) is 9.16 Å². The third-order valence-corrected chi connectivity index (χ3v) is 9.46. The van der Waals surface area contributed by atoms with E-state index in [9.17, 15) is 9.59 Å². The maximum atomic E-state index is 12.2. The molecule has 4 nitrogen and oxygen atoms in total. The summed E-state index contributed by atoms with van der Waals surface area (Å²) in [5.74, 6) is -0.226.